The van der Waals surface area contributed by atoms with Gasteiger partial charge >= 0.3 is 106 Å². The topological polar surface area (TPSA) is 0 Å². The van der Waals surface area contributed by atoms with Crippen LogP contribution in [-0.2, 0) is 55.6 Å². The van der Waals surface area contributed by atoms with E-state index in [-0.39, 0.29) is 33.7 Å². The number of hydrogen-bond donors (Lipinski definition) is 0. The molecular weight excluding hydrogens is 955 g/mol. The first-order valence-corrected chi connectivity index (χ1v) is 39.0. The van der Waals surface area contributed by atoms with Crippen molar-refractivity contribution in [3.63, 3.8) is 0 Å². The Morgan fingerprint density at radius 3 is 2.04 bits per heavy atom. The second kappa shape index (κ2) is 28.6. The minimum Gasteiger partial charge on any atom is 1.00 e. The predicted octanol–water partition coefficient (Wildman–Crippen LogP) is 14.5. The molecule has 7 atom stereocenters. The molecule has 6 aliphatic rings. The number of allylic oxidation sites excluding steroid dienone is 4. The molecule has 6 aliphatic carbocycles. The van der Waals surface area contributed by atoms with Gasteiger partial charge in [0.15, 0.2) is 0 Å². The van der Waals surface area contributed by atoms with Crippen molar-refractivity contribution in [3.05, 3.63) is 104 Å². The van der Waals surface area contributed by atoms with Crippen molar-refractivity contribution in [2.24, 2.45) is 41.4 Å². The fourth-order valence-electron chi connectivity index (χ4n) is 10.6. The monoisotopic (exact) mass is 1020 g/mol. The number of fused-ring (bicyclic) bond motifs is 4. The van der Waals surface area contributed by atoms with Crippen molar-refractivity contribution in [1.82, 2.24) is 0 Å². The Labute approximate surface area is 388 Å². The van der Waals surface area contributed by atoms with Gasteiger partial charge in [0.25, 0.3) is 0 Å². The van der Waals surface area contributed by atoms with Crippen LogP contribution in [0.25, 0.3) is 11.1 Å². The number of unbranched alkanes of at least 4 members (excludes halogenated alkanes) is 1. The molecule has 8 rings (SSSR count). The van der Waals surface area contributed by atoms with Gasteiger partial charge in [0.2, 0.25) is 0 Å². The smallest absolute Gasteiger partial charge is 1.00 e. The minimum absolute atomic E-state index is 0. The van der Waals surface area contributed by atoms with E-state index in [1.165, 1.54) is 45.4 Å². The van der Waals surface area contributed by atoms with Crippen molar-refractivity contribution in [2.45, 2.75) is 130 Å². The molecule has 0 aromatic heterocycles. The molecule has 0 amide bonds. The van der Waals surface area contributed by atoms with Crippen LogP contribution in [0, 0.1) is 63.2 Å². The summed E-state index contributed by atoms with van der Waals surface area (Å²) >= 11 is -4.12. The van der Waals surface area contributed by atoms with Crippen LogP contribution in [0.5, 0.6) is 0 Å². The average Bonchev–Trinajstić information content (AvgIpc) is 3.92. The molecule has 4 saturated carbocycles. The van der Waals surface area contributed by atoms with Crippen molar-refractivity contribution in [1.29, 1.82) is 0 Å². The number of halogens is 6. The first kappa shape index (κ1) is 55.0. The molecule has 0 bridgehead atoms. The van der Waals surface area contributed by atoms with Gasteiger partial charge in [0.1, 0.15) is 0 Å². The molecule has 55 heavy (non-hydrogen) atoms. The Morgan fingerprint density at radius 2 is 1.35 bits per heavy atom. The predicted molar refractivity (Wildman–Crippen MR) is 239 cm³/mol. The number of rotatable bonds is 5. The fraction of sp³-hybridized carbons (Fsp3) is 0.587. The zero-order valence-electron chi connectivity index (χ0n) is 34.7. The third-order valence-electron chi connectivity index (χ3n) is 13.0. The van der Waals surface area contributed by atoms with E-state index in [1.807, 2.05) is 0 Å². The quantitative estimate of drug-likeness (QED) is 0.207. The van der Waals surface area contributed by atoms with Crippen LogP contribution >= 0.6 is 51.1 Å². The third-order valence-corrected chi connectivity index (χ3v) is 13.0. The minimum atomic E-state index is -3.29. The summed E-state index contributed by atoms with van der Waals surface area (Å²) in [4.78, 5) is 0. The van der Waals surface area contributed by atoms with Crippen LogP contribution in [0.15, 0.2) is 54.6 Å². The Bertz CT molecular complexity index is 1430. The third kappa shape index (κ3) is 17.4. The molecule has 302 valence electrons. The van der Waals surface area contributed by atoms with E-state index in [4.69, 9.17) is 51.1 Å². The molecule has 0 nitrogen and oxygen atoms in total. The van der Waals surface area contributed by atoms with Crippen LogP contribution in [0.1, 0.15) is 138 Å². The van der Waals surface area contributed by atoms with Gasteiger partial charge in [0.05, 0.1) is 0 Å². The van der Waals surface area contributed by atoms with E-state index in [2.05, 4.69) is 82.3 Å². The summed E-state index contributed by atoms with van der Waals surface area (Å²) in [6, 6.07) is 15.6. The summed E-state index contributed by atoms with van der Waals surface area (Å²) in [6.07, 6.45) is 29.2. The summed E-state index contributed by atoms with van der Waals surface area (Å²) in [6.45, 7) is 10.5. The summed E-state index contributed by atoms with van der Waals surface area (Å²) < 4.78 is 0. The van der Waals surface area contributed by atoms with Gasteiger partial charge in [-0.3, -0.25) is 0 Å². The van der Waals surface area contributed by atoms with E-state index in [0.29, 0.717) is 0 Å². The van der Waals surface area contributed by atoms with Gasteiger partial charge in [-0.15, -0.1) is 0 Å². The van der Waals surface area contributed by atoms with Crippen molar-refractivity contribution >= 4 is 62.2 Å². The molecule has 0 saturated heterocycles. The van der Waals surface area contributed by atoms with Crippen LogP contribution in [0.2, 0.25) is 0 Å². The zero-order chi connectivity index (χ0) is 37.7. The Kier molecular flexibility index (Phi) is 28.6. The summed E-state index contributed by atoms with van der Waals surface area (Å²) in [5.74, 6) is 7.88. The van der Waals surface area contributed by atoms with E-state index in [1.54, 1.807) is 77.0 Å². The van der Waals surface area contributed by atoms with Crippen molar-refractivity contribution < 1.29 is 55.2 Å². The molecule has 7 unspecified atom stereocenters. The van der Waals surface area contributed by atoms with Gasteiger partial charge in [-0.2, -0.15) is 6.42 Å². The molecule has 2 aromatic carbocycles. The molecule has 0 N–H and O–H groups in total. The van der Waals surface area contributed by atoms with E-state index in [9.17, 15) is 0 Å². The van der Waals surface area contributed by atoms with Gasteiger partial charge in [0, 0.05) is 0 Å². The standard InChI is InChI=1S/C20H34.C20H18.C4H9.2CH3.6ClH.Li.2Zr/c2*1-14-9-12-20-16(6-4-8-18(14)20)13-17-11-10-15-5-2-3-7-19(15)17;1-3-4-2;;;;;;;;;;;/h14-20H,2-13H2,1H3;2-9,11H,10,12-13H2,1H3;1,3-4H2,2H3;2*1H3;6*1H;;;/q;;3*-1;;;;;;;+1;2*+4/p-6. The molecular formula is C46H67Cl6LiZr2. The molecule has 0 heterocycles. The molecule has 0 spiro atoms. The normalized spacial score (nSPS) is 26.3. The maximum atomic E-state index is 5.04. The van der Waals surface area contributed by atoms with E-state index < -0.39 is 36.3 Å². The number of hydrogen-bond acceptors (Lipinski definition) is 0. The summed E-state index contributed by atoms with van der Waals surface area (Å²) in [5, 5.41) is 0. The van der Waals surface area contributed by atoms with Crippen LogP contribution in [0.4, 0.5) is 0 Å². The van der Waals surface area contributed by atoms with Crippen LogP contribution in [-0.4, -0.2) is 0 Å². The molecule has 9 heteroatoms. The fourth-order valence-corrected chi connectivity index (χ4v) is 10.6. The second-order valence-corrected chi connectivity index (χ2v) is 42.1. The second-order valence-electron chi connectivity index (χ2n) is 16.0. The maximum absolute atomic E-state index is 5.04. The molecule has 2 aromatic rings. The van der Waals surface area contributed by atoms with E-state index in [0.717, 1.165) is 67.1 Å². The SMILES string of the molecule is CC1=CCc2c(CC3=CCc4ccccc43)cccc21.CC1CCC2C(CC3CCC4CCCCC43)CCCC12.[CH2-]CCC.[CH3-].[CH3-].[Cl][Zr+2][Cl].[Cl][Zr]([Cl])([Cl])[Cl].[Li+]. The first-order chi connectivity index (χ1) is 25.0. The van der Waals surface area contributed by atoms with Crippen molar-refractivity contribution in [2.75, 3.05) is 0 Å². The van der Waals surface area contributed by atoms with Gasteiger partial charge in [-0.05, 0) is 145 Å². The Balaban J connectivity index is 0.000000410. The summed E-state index contributed by atoms with van der Waals surface area (Å²) in [5.41, 5.74) is 10.3. The average molecular weight is 1020 g/mol. The summed E-state index contributed by atoms with van der Waals surface area (Å²) in [7, 11) is 30.0. The Hall–Kier alpha value is 2.02. The molecule has 0 aliphatic heterocycles. The van der Waals surface area contributed by atoms with E-state index >= 15 is 0 Å². The van der Waals surface area contributed by atoms with Gasteiger partial charge in [-0.1, -0.05) is 113 Å². The molecule has 0 radical (unpaired) electrons. The Morgan fingerprint density at radius 1 is 0.727 bits per heavy atom. The van der Waals surface area contributed by atoms with Gasteiger partial charge in [-0.25, -0.2) is 0 Å². The van der Waals surface area contributed by atoms with Crippen LogP contribution in [0.3, 0.4) is 0 Å². The first-order valence-electron chi connectivity index (χ1n) is 20.0. The zero-order valence-corrected chi connectivity index (χ0v) is 44.2. The molecule has 4 fully saturated rings. The maximum Gasteiger partial charge on any atom is 1.00 e. The van der Waals surface area contributed by atoms with Crippen molar-refractivity contribution in [3.8, 4) is 0 Å². The number of benzene rings is 2. The van der Waals surface area contributed by atoms with Crippen LogP contribution < -0.4 is 18.9 Å². The largest absolute Gasteiger partial charge is 1.00 e. The van der Waals surface area contributed by atoms with Gasteiger partial charge < -0.3 is 21.8 Å².